The molecule has 32 heavy (non-hydrogen) atoms. The van der Waals surface area contributed by atoms with Crippen molar-refractivity contribution < 1.29 is 13.2 Å². The number of aromatic nitrogens is 1. The molecule has 0 bridgehead atoms. The Hall–Kier alpha value is -3.07. The lowest BCUT2D eigenvalue weighted by Gasteiger charge is -2.21. The van der Waals surface area contributed by atoms with Crippen LogP contribution in [0.25, 0.3) is 20.8 Å². The van der Waals surface area contributed by atoms with Crippen molar-refractivity contribution in [2.75, 3.05) is 12.4 Å². The first-order valence-corrected chi connectivity index (χ1v) is 12.4. The molecule has 1 aromatic heterocycles. The van der Waals surface area contributed by atoms with E-state index in [2.05, 4.69) is 10.3 Å². The van der Waals surface area contributed by atoms with E-state index in [1.165, 1.54) is 28.6 Å². The zero-order chi connectivity index (χ0) is 22.9. The second-order valence-corrected chi connectivity index (χ2v) is 10.7. The monoisotopic (exact) mass is 465 g/mol. The Labute approximate surface area is 191 Å². The van der Waals surface area contributed by atoms with Crippen LogP contribution in [0.15, 0.2) is 77.7 Å². The predicted molar refractivity (Wildman–Crippen MR) is 130 cm³/mol. The summed E-state index contributed by atoms with van der Waals surface area (Å²) in [5.74, 6) is -0.320. The third-order valence-electron chi connectivity index (χ3n) is 5.22. The van der Waals surface area contributed by atoms with Gasteiger partial charge < -0.3 is 5.32 Å². The number of nitrogens with one attached hydrogen (secondary N) is 1. The fraction of sp³-hybridized carbons (Fsp3) is 0.167. The molecule has 0 spiro atoms. The molecule has 4 aromatic rings. The normalized spacial score (nSPS) is 11.9. The van der Waals surface area contributed by atoms with Crippen LogP contribution < -0.4 is 5.32 Å². The van der Waals surface area contributed by atoms with Gasteiger partial charge >= 0.3 is 0 Å². The minimum absolute atomic E-state index is 0.153. The van der Waals surface area contributed by atoms with Crippen LogP contribution in [0.1, 0.15) is 24.2 Å². The Morgan fingerprint density at radius 2 is 1.62 bits per heavy atom. The van der Waals surface area contributed by atoms with E-state index in [1.54, 1.807) is 18.4 Å². The summed E-state index contributed by atoms with van der Waals surface area (Å²) in [6.45, 7) is 3.62. The van der Waals surface area contributed by atoms with E-state index in [4.69, 9.17) is 0 Å². The summed E-state index contributed by atoms with van der Waals surface area (Å²) >= 11 is 1.56. The predicted octanol–water partition coefficient (Wildman–Crippen LogP) is 5.24. The van der Waals surface area contributed by atoms with E-state index in [9.17, 15) is 13.2 Å². The number of carbonyl (C=O) groups is 1. The van der Waals surface area contributed by atoms with E-state index in [0.29, 0.717) is 11.3 Å². The number of rotatable bonds is 6. The van der Waals surface area contributed by atoms with Crippen LogP contribution in [-0.2, 0) is 10.0 Å². The summed E-state index contributed by atoms with van der Waals surface area (Å²) in [6.07, 6.45) is 0. The number of sulfonamides is 1. The maximum atomic E-state index is 12.9. The van der Waals surface area contributed by atoms with Gasteiger partial charge in [-0.2, -0.15) is 4.31 Å². The van der Waals surface area contributed by atoms with Crippen molar-refractivity contribution in [3.63, 3.8) is 0 Å². The molecule has 1 heterocycles. The average Bonchev–Trinajstić information content (AvgIpc) is 3.23. The summed E-state index contributed by atoms with van der Waals surface area (Å²) < 4.78 is 27.7. The number of nitrogens with zero attached hydrogens (tertiary/aromatic N) is 2. The number of carbonyl (C=O) groups excluding carboxylic acids is 1. The van der Waals surface area contributed by atoms with Crippen molar-refractivity contribution in [3.05, 3.63) is 78.4 Å². The second kappa shape index (κ2) is 8.82. The molecule has 6 nitrogen and oxygen atoms in total. The third-order valence-corrected chi connectivity index (χ3v) is 8.34. The summed E-state index contributed by atoms with van der Waals surface area (Å²) in [7, 11) is -2.06. The lowest BCUT2D eigenvalue weighted by atomic mass is 10.1. The molecule has 0 aliphatic carbocycles. The average molecular weight is 466 g/mol. The lowest BCUT2D eigenvalue weighted by molar-refractivity contribution is 0.102. The molecule has 0 atom stereocenters. The molecule has 0 unspecified atom stereocenters. The second-order valence-electron chi connectivity index (χ2n) is 7.63. The summed E-state index contributed by atoms with van der Waals surface area (Å²) in [5, 5.41) is 3.76. The van der Waals surface area contributed by atoms with Gasteiger partial charge in [0.05, 0.1) is 20.8 Å². The standard InChI is InChI=1S/C24H23N3O3S2/c1-16(2)27(3)32(29,30)18-14-12-17(13-15-18)23(28)25-20-9-5-4-8-19(20)24-26-21-10-6-7-11-22(21)31-24/h4-16H,1-3H3,(H,25,28). The fourth-order valence-corrected chi connectivity index (χ4v) is 5.56. The number of benzene rings is 3. The highest BCUT2D eigenvalue weighted by Gasteiger charge is 2.23. The van der Waals surface area contributed by atoms with Gasteiger partial charge in [-0.05, 0) is 62.4 Å². The molecule has 0 saturated heterocycles. The number of amides is 1. The quantitative estimate of drug-likeness (QED) is 0.422. The van der Waals surface area contributed by atoms with Gasteiger partial charge in [-0.25, -0.2) is 13.4 Å². The zero-order valence-corrected chi connectivity index (χ0v) is 19.6. The molecule has 4 rings (SSSR count). The number of hydrogen-bond donors (Lipinski definition) is 1. The Bertz CT molecular complexity index is 1340. The van der Waals surface area contributed by atoms with Gasteiger partial charge in [0.15, 0.2) is 0 Å². The first-order valence-electron chi connectivity index (χ1n) is 10.1. The van der Waals surface area contributed by atoms with Crippen molar-refractivity contribution >= 4 is 43.2 Å². The van der Waals surface area contributed by atoms with Crippen molar-refractivity contribution in [1.82, 2.24) is 9.29 Å². The first-order chi connectivity index (χ1) is 15.3. The van der Waals surface area contributed by atoms with Crippen molar-refractivity contribution in [3.8, 4) is 10.6 Å². The number of para-hydroxylation sites is 2. The van der Waals surface area contributed by atoms with Crippen molar-refractivity contribution in [2.45, 2.75) is 24.8 Å². The molecule has 0 aliphatic rings. The Morgan fingerprint density at radius 3 is 2.31 bits per heavy atom. The topological polar surface area (TPSA) is 79.4 Å². The van der Waals surface area contributed by atoms with Gasteiger partial charge in [-0.1, -0.05) is 24.3 Å². The zero-order valence-electron chi connectivity index (χ0n) is 17.9. The summed E-state index contributed by atoms with van der Waals surface area (Å²) in [6, 6.07) is 21.2. The highest BCUT2D eigenvalue weighted by molar-refractivity contribution is 7.89. The van der Waals surface area contributed by atoms with Crippen molar-refractivity contribution in [2.24, 2.45) is 0 Å². The van der Waals surface area contributed by atoms with Gasteiger partial charge in [0.25, 0.3) is 5.91 Å². The molecule has 164 valence electrons. The van der Waals surface area contributed by atoms with Gasteiger partial charge in [0.2, 0.25) is 10.0 Å². The van der Waals surface area contributed by atoms with Crippen LogP contribution in [0.4, 0.5) is 5.69 Å². The molecular formula is C24H23N3O3S2. The molecule has 1 N–H and O–H groups in total. The molecule has 0 saturated carbocycles. The summed E-state index contributed by atoms with van der Waals surface area (Å²) in [5.41, 5.74) is 2.76. The van der Waals surface area contributed by atoms with Gasteiger partial charge in [-0.15, -0.1) is 11.3 Å². The fourth-order valence-electron chi connectivity index (χ4n) is 3.18. The smallest absolute Gasteiger partial charge is 0.255 e. The maximum Gasteiger partial charge on any atom is 0.255 e. The van der Waals surface area contributed by atoms with E-state index in [-0.39, 0.29) is 16.8 Å². The van der Waals surface area contributed by atoms with Crippen LogP contribution >= 0.6 is 11.3 Å². The molecule has 1 amide bonds. The van der Waals surface area contributed by atoms with Crippen LogP contribution in [0.5, 0.6) is 0 Å². The molecule has 3 aromatic carbocycles. The molecule has 0 fully saturated rings. The Balaban J connectivity index is 1.59. The van der Waals surface area contributed by atoms with E-state index in [1.807, 2.05) is 62.4 Å². The molecule has 0 aliphatic heterocycles. The number of thiazole rings is 1. The summed E-state index contributed by atoms with van der Waals surface area (Å²) in [4.78, 5) is 17.7. The van der Waals surface area contributed by atoms with Crippen LogP contribution in [-0.4, -0.2) is 36.7 Å². The van der Waals surface area contributed by atoms with Gasteiger partial charge in [-0.3, -0.25) is 4.79 Å². The van der Waals surface area contributed by atoms with Crippen LogP contribution in [0, 0.1) is 0 Å². The van der Waals surface area contributed by atoms with Crippen molar-refractivity contribution in [1.29, 1.82) is 0 Å². The highest BCUT2D eigenvalue weighted by atomic mass is 32.2. The Kier molecular flexibility index (Phi) is 6.10. The number of fused-ring (bicyclic) bond motifs is 1. The van der Waals surface area contributed by atoms with Gasteiger partial charge in [0.1, 0.15) is 5.01 Å². The molecule has 8 heteroatoms. The Morgan fingerprint density at radius 1 is 0.969 bits per heavy atom. The molecular weight excluding hydrogens is 442 g/mol. The van der Waals surface area contributed by atoms with E-state index >= 15 is 0 Å². The molecule has 0 radical (unpaired) electrons. The van der Waals surface area contributed by atoms with Crippen LogP contribution in [0.3, 0.4) is 0 Å². The highest BCUT2D eigenvalue weighted by Crippen LogP contribution is 2.34. The third kappa shape index (κ3) is 4.29. The van der Waals surface area contributed by atoms with E-state index < -0.39 is 10.0 Å². The van der Waals surface area contributed by atoms with E-state index in [0.717, 1.165) is 20.8 Å². The maximum absolute atomic E-state index is 12.9. The number of hydrogen-bond acceptors (Lipinski definition) is 5. The SMILES string of the molecule is CC(C)N(C)S(=O)(=O)c1ccc(C(=O)Nc2ccccc2-c2nc3ccccc3s2)cc1. The minimum atomic E-state index is -3.60. The van der Waals surface area contributed by atoms with Gasteiger partial charge in [0, 0.05) is 24.2 Å². The largest absolute Gasteiger partial charge is 0.321 e. The lowest BCUT2D eigenvalue weighted by Crippen LogP contribution is -2.33. The minimum Gasteiger partial charge on any atom is -0.321 e. The van der Waals surface area contributed by atoms with Crippen LogP contribution in [0.2, 0.25) is 0 Å². The number of anilines is 1. The first kappa shape index (κ1) is 22.1.